The molecule has 1 fully saturated rings. The van der Waals surface area contributed by atoms with Crippen LogP contribution in [0.2, 0.25) is 0 Å². The number of aliphatic hydroxyl groups is 1. The van der Waals surface area contributed by atoms with Gasteiger partial charge in [0.05, 0.1) is 18.7 Å². The Balaban J connectivity index is 1.99. The molecule has 1 heterocycles. The van der Waals surface area contributed by atoms with Gasteiger partial charge in [0.1, 0.15) is 11.5 Å². The van der Waals surface area contributed by atoms with Crippen LogP contribution in [0.25, 0.3) is 5.76 Å². The van der Waals surface area contributed by atoms with Crippen LogP contribution in [-0.4, -0.2) is 23.9 Å². The number of carbonyl (C=O) groups is 2. The van der Waals surface area contributed by atoms with Crippen molar-refractivity contribution in [2.24, 2.45) is 0 Å². The molecule has 35 heavy (non-hydrogen) atoms. The molecule has 4 rings (SSSR count). The number of anilines is 1. The molecule has 1 saturated heterocycles. The third kappa shape index (κ3) is 4.34. The summed E-state index contributed by atoms with van der Waals surface area (Å²) in [7, 11) is 1.62. The van der Waals surface area contributed by atoms with E-state index in [1.54, 1.807) is 7.11 Å². The summed E-state index contributed by atoms with van der Waals surface area (Å²) in [5, 5.41) is 11.6. The van der Waals surface area contributed by atoms with Crippen molar-refractivity contribution in [3.63, 3.8) is 0 Å². The summed E-state index contributed by atoms with van der Waals surface area (Å²) in [5.41, 5.74) is 5.64. The number of amides is 1. The number of ether oxygens (including phenoxy) is 1. The van der Waals surface area contributed by atoms with Gasteiger partial charge < -0.3 is 9.84 Å². The number of ketones is 1. The highest BCUT2D eigenvalue weighted by Gasteiger charge is 2.47. The summed E-state index contributed by atoms with van der Waals surface area (Å²) in [6.45, 7) is 9.86. The van der Waals surface area contributed by atoms with E-state index in [0.717, 1.165) is 33.6 Å². The van der Waals surface area contributed by atoms with Crippen molar-refractivity contribution in [1.29, 1.82) is 0 Å². The summed E-state index contributed by atoms with van der Waals surface area (Å²) < 4.78 is 5.55. The van der Waals surface area contributed by atoms with Crippen LogP contribution in [0.1, 0.15) is 59.2 Å². The van der Waals surface area contributed by atoms with Gasteiger partial charge in [0, 0.05) is 11.3 Å². The fraction of sp³-hybridized carbons (Fsp3) is 0.267. The smallest absolute Gasteiger partial charge is 0.300 e. The lowest BCUT2D eigenvalue weighted by molar-refractivity contribution is -0.132. The van der Waals surface area contributed by atoms with Gasteiger partial charge in [-0.05, 0) is 78.8 Å². The zero-order valence-corrected chi connectivity index (χ0v) is 21.0. The molecule has 3 aromatic carbocycles. The number of benzene rings is 3. The molecule has 1 unspecified atom stereocenters. The number of carbonyl (C=O) groups excluding carboxylic acids is 2. The zero-order valence-electron chi connectivity index (χ0n) is 21.0. The van der Waals surface area contributed by atoms with Crippen LogP contribution in [-0.2, 0) is 9.59 Å². The SMILES string of the molecule is COc1cc(C)c(/C(O)=C2\C(=O)C(=O)N(c3cc(C)cc(C)c3)C2c2ccccc2)cc1C(C)C. The lowest BCUT2D eigenvalue weighted by atomic mass is 9.91. The second-order valence-electron chi connectivity index (χ2n) is 9.49. The van der Waals surface area contributed by atoms with Gasteiger partial charge in [0.15, 0.2) is 0 Å². The lowest BCUT2D eigenvalue weighted by Crippen LogP contribution is -2.29. The predicted molar refractivity (Wildman–Crippen MR) is 139 cm³/mol. The van der Waals surface area contributed by atoms with Crippen LogP contribution in [0.3, 0.4) is 0 Å². The van der Waals surface area contributed by atoms with Gasteiger partial charge in [-0.2, -0.15) is 0 Å². The van der Waals surface area contributed by atoms with Gasteiger partial charge in [0.2, 0.25) is 0 Å². The van der Waals surface area contributed by atoms with E-state index in [-0.39, 0.29) is 17.3 Å². The van der Waals surface area contributed by atoms with E-state index in [0.29, 0.717) is 11.3 Å². The Morgan fingerprint density at radius 2 is 1.57 bits per heavy atom. The molecule has 1 N–H and O–H groups in total. The minimum atomic E-state index is -0.749. The molecule has 0 saturated carbocycles. The van der Waals surface area contributed by atoms with Crippen molar-refractivity contribution in [1.82, 2.24) is 0 Å². The van der Waals surface area contributed by atoms with E-state index in [1.165, 1.54) is 4.90 Å². The maximum absolute atomic E-state index is 13.5. The van der Waals surface area contributed by atoms with E-state index in [4.69, 9.17) is 4.74 Å². The fourth-order valence-electron chi connectivity index (χ4n) is 4.87. The minimum absolute atomic E-state index is 0.0864. The number of hydrogen-bond acceptors (Lipinski definition) is 4. The number of Topliss-reactive ketones (excluding diaryl/α,β-unsaturated/α-hetero) is 1. The first-order valence-electron chi connectivity index (χ1n) is 11.8. The zero-order chi connectivity index (χ0) is 25.4. The van der Waals surface area contributed by atoms with Crippen LogP contribution < -0.4 is 9.64 Å². The van der Waals surface area contributed by atoms with Gasteiger partial charge in [-0.3, -0.25) is 14.5 Å². The van der Waals surface area contributed by atoms with Crippen LogP contribution in [0.15, 0.2) is 66.2 Å². The number of methoxy groups -OCH3 is 1. The largest absolute Gasteiger partial charge is 0.507 e. The Labute approximate surface area is 206 Å². The van der Waals surface area contributed by atoms with Gasteiger partial charge >= 0.3 is 0 Å². The van der Waals surface area contributed by atoms with Crippen molar-refractivity contribution in [3.8, 4) is 5.75 Å². The van der Waals surface area contributed by atoms with Crippen LogP contribution in [0, 0.1) is 20.8 Å². The molecule has 1 atom stereocenters. The van der Waals surface area contributed by atoms with Crippen molar-refractivity contribution in [2.75, 3.05) is 12.0 Å². The number of aliphatic hydroxyl groups excluding tert-OH is 1. The summed E-state index contributed by atoms with van der Waals surface area (Å²) >= 11 is 0. The van der Waals surface area contributed by atoms with Crippen LogP contribution >= 0.6 is 0 Å². The van der Waals surface area contributed by atoms with Gasteiger partial charge in [0.25, 0.3) is 11.7 Å². The molecule has 0 aromatic heterocycles. The molecule has 1 amide bonds. The van der Waals surface area contributed by atoms with E-state index in [2.05, 4.69) is 0 Å². The predicted octanol–water partition coefficient (Wildman–Crippen LogP) is 6.37. The highest BCUT2D eigenvalue weighted by Crippen LogP contribution is 2.43. The second kappa shape index (κ2) is 9.41. The average Bonchev–Trinajstić information content (AvgIpc) is 3.08. The Kier molecular flexibility index (Phi) is 6.53. The first-order valence-corrected chi connectivity index (χ1v) is 11.8. The summed E-state index contributed by atoms with van der Waals surface area (Å²) in [6.07, 6.45) is 0. The normalized spacial score (nSPS) is 17.3. The quantitative estimate of drug-likeness (QED) is 0.268. The number of nitrogens with zero attached hydrogens (tertiary/aromatic N) is 1. The van der Waals surface area contributed by atoms with E-state index in [9.17, 15) is 14.7 Å². The molecule has 0 radical (unpaired) electrons. The third-order valence-electron chi connectivity index (χ3n) is 6.50. The second-order valence-corrected chi connectivity index (χ2v) is 9.49. The average molecular weight is 470 g/mol. The maximum Gasteiger partial charge on any atom is 0.300 e. The van der Waals surface area contributed by atoms with Gasteiger partial charge in [-0.25, -0.2) is 0 Å². The van der Waals surface area contributed by atoms with Gasteiger partial charge in [-0.15, -0.1) is 0 Å². The van der Waals surface area contributed by atoms with E-state index < -0.39 is 17.7 Å². The maximum atomic E-state index is 13.5. The van der Waals surface area contributed by atoms with Gasteiger partial charge in [-0.1, -0.05) is 50.2 Å². The van der Waals surface area contributed by atoms with Crippen molar-refractivity contribution < 1.29 is 19.4 Å². The molecule has 0 bridgehead atoms. The minimum Gasteiger partial charge on any atom is -0.507 e. The molecule has 3 aromatic rings. The fourth-order valence-corrected chi connectivity index (χ4v) is 4.87. The summed E-state index contributed by atoms with van der Waals surface area (Å²) in [5.74, 6) is -0.660. The van der Waals surface area contributed by atoms with Crippen LogP contribution in [0.4, 0.5) is 5.69 Å². The monoisotopic (exact) mass is 469 g/mol. The standard InChI is InChI=1S/C30H31NO4/c1-17(2)23-16-24(20(5)15-25(23)35-6)28(32)26-27(21-10-8-7-9-11-21)31(30(34)29(26)33)22-13-18(3)12-19(4)14-22/h7-17,27,32H,1-6H3/b28-26+. The first-order chi connectivity index (χ1) is 16.6. The molecule has 1 aliphatic heterocycles. The first kappa shape index (κ1) is 24.3. The number of aryl methyl sites for hydroxylation is 3. The molecule has 5 heteroatoms. The topological polar surface area (TPSA) is 66.8 Å². The molecule has 0 aliphatic carbocycles. The van der Waals surface area contributed by atoms with Crippen molar-refractivity contribution in [3.05, 3.63) is 99.6 Å². The highest BCUT2D eigenvalue weighted by molar-refractivity contribution is 6.51. The molecule has 180 valence electrons. The van der Waals surface area contributed by atoms with E-state index in [1.807, 2.05) is 95.3 Å². The highest BCUT2D eigenvalue weighted by atomic mass is 16.5. The summed E-state index contributed by atoms with van der Waals surface area (Å²) in [6, 6.07) is 18.1. The Bertz CT molecular complexity index is 1320. The van der Waals surface area contributed by atoms with Crippen molar-refractivity contribution >= 4 is 23.1 Å². The molecule has 0 spiro atoms. The molecule has 1 aliphatic rings. The van der Waals surface area contributed by atoms with Crippen LogP contribution in [0.5, 0.6) is 5.75 Å². The lowest BCUT2D eigenvalue weighted by Gasteiger charge is -2.26. The molecular formula is C30H31NO4. The molecular weight excluding hydrogens is 438 g/mol. The molecule has 5 nitrogen and oxygen atoms in total. The third-order valence-corrected chi connectivity index (χ3v) is 6.50. The van der Waals surface area contributed by atoms with Crippen molar-refractivity contribution in [2.45, 2.75) is 46.6 Å². The Morgan fingerprint density at radius 1 is 0.943 bits per heavy atom. The Morgan fingerprint density at radius 3 is 2.14 bits per heavy atom. The number of rotatable bonds is 5. The summed E-state index contributed by atoms with van der Waals surface area (Å²) in [4.78, 5) is 28.4. The van der Waals surface area contributed by atoms with E-state index >= 15 is 0 Å². The number of hydrogen-bond donors (Lipinski definition) is 1. The Hall–Kier alpha value is -3.86.